The SMILES string of the molecule is COc1cc(Nc2nc3ccccc3nc2NS(=O)(=O)c2cccc(-c3cc(F)ccc3ONC(C)=O)c2)cc(OC)c1. The van der Waals surface area contributed by atoms with E-state index >= 15 is 0 Å². The van der Waals surface area contributed by atoms with E-state index in [1.807, 2.05) is 0 Å². The van der Waals surface area contributed by atoms with Gasteiger partial charge in [0.1, 0.15) is 17.3 Å². The van der Waals surface area contributed by atoms with Crippen LogP contribution in [0.3, 0.4) is 0 Å². The molecule has 1 heterocycles. The van der Waals surface area contributed by atoms with Gasteiger partial charge in [-0.15, -0.1) is 0 Å². The second-order valence-electron chi connectivity index (χ2n) is 9.17. The van der Waals surface area contributed by atoms with Crippen molar-refractivity contribution in [3.63, 3.8) is 0 Å². The number of carbonyl (C=O) groups excluding carboxylic acids is 1. The number of hydrogen-bond acceptors (Lipinski definition) is 9. The summed E-state index contributed by atoms with van der Waals surface area (Å²) in [6, 6.07) is 21.6. The Kier molecular flexibility index (Phi) is 8.25. The molecular formula is C30H26FN5O6S. The Labute approximate surface area is 246 Å². The van der Waals surface area contributed by atoms with Crippen LogP contribution in [-0.2, 0) is 14.8 Å². The summed E-state index contributed by atoms with van der Waals surface area (Å²) in [7, 11) is -1.22. The Bertz CT molecular complexity index is 1910. The number of nitrogens with one attached hydrogen (secondary N) is 3. The molecule has 0 saturated carbocycles. The highest BCUT2D eigenvalue weighted by Crippen LogP contribution is 2.34. The van der Waals surface area contributed by atoms with E-state index in [2.05, 4.69) is 25.5 Å². The first-order valence-electron chi connectivity index (χ1n) is 12.8. The van der Waals surface area contributed by atoms with Gasteiger partial charge in [0, 0.05) is 36.4 Å². The van der Waals surface area contributed by atoms with Gasteiger partial charge < -0.3 is 19.6 Å². The molecule has 5 rings (SSSR count). The summed E-state index contributed by atoms with van der Waals surface area (Å²) in [5.74, 6) is 0.162. The number of methoxy groups -OCH3 is 2. The number of ether oxygens (including phenoxy) is 2. The molecule has 0 aliphatic heterocycles. The van der Waals surface area contributed by atoms with E-state index < -0.39 is 21.7 Å². The zero-order valence-corrected chi connectivity index (χ0v) is 24.0. The van der Waals surface area contributed by atoms with Crippen LogP contribution in [-0.4, -0.2) is 38.5 Å². The lowest BCUT2D eigenvalue weighted by Crippen LogP contribution is -2.24. The fourth-order valence-corrected chi connectivity index (χ4v) is 5.19. The molecule has 0 bridgehead atoms. The molecule has 3 N–H and O–H groups in total. The maximum atomic E-state index is 14.2. The number of nitrogens with zero attached hydrogens (tertiary/aromatic N) is 2. The summed E-state index contributed by atoms with van der Waals surface area (Å²) in [4.78, 5) is 25.6. The van der Waals surface area contributed by atoms with Crippen LogP contribution < -0.4 is 29.8 Å². The van der Waals surface area contributed by atoms with E-state index in [4.69, 9.17) is 14.3 Å². The number of carbonyl (C=O) groups is 1. The minimum absolute atomic E-state index is 0.0636. The number of fused-ring (bicyclic) bond motifs is 1. The predicted molar refractivity (Wildman–Crippen MR) is 159 cm³/mol. The number of halogens is 1. The largest absolute Gasteiger partial charge is 0.497 e. The lowest BCUT2D eigenvalue weighted by Gasteiger charge is -2.16. The van der Waals surface area contributed by atoms with Gasteiger partial charge in [0.05, 0.1) is 30.1 Å². The van der Waals surface area contributed by atoms with Crippen molar-refractivity contribution in [2.75, 3.05) is 24.3 Å². The number of para-hydroxylation sites is 2. The van der Waals surface area contributed by atoms with Crippen LogP contribution in [0.5, 0.6) is 17.2 Å². The van der Waals surface area contributed by atoms with Crippen molar-refractivity contribution in [3.8, 4) is 28.4 Å². The van der Waals surface area contributed by atoms with Gasteiger partial charge in [-0.05, 0) is 48.0 Å². The van der Waals surface area contributed by atoms with Gasteiger partial charge in [-0.1, -0.05) is 24.3 Å². The van der Waals surface area contributed by atoms with Crippen LogP contribution in [0.25, 0.3) is 22.2 Å². The summed E-state index contributed by atoms with van der Waals surface area (Å²) in [5, 5.41) is 3.11. The Morgan fingerprint density at radius 3 is 2.14 bits per heavy atom. The third-order valence-electron chi connectivity index (χ3n) is 6.12. The summed E-state index contributed by atoms with van der Waals surface area (Å²) in [6.45, 7) is 1.26. The second-order valence-corrected chi connectivity index (χ2v) is 10.9. The molecule has 0 radical (unpaired) electrons. The van der Waals surface area contributed by atoms with Gasteiger partial charge in [-0.3, -0.25) is 9.52 Å². The molecule has 1 amide bonds. The minimum atomic E-state index is -4.25. The van der Waals surface area contributed by atoms with E-state index in [0.717, 1.165) is 6.07 Å². The quantitative estimate of drug-likeness (QED) is 0.178. The summed E-state index contributed by atoms with van der Waals surface area (Å²) >= 11 is 0. The standard InChI is InChI=1S/C30H26FN5O6S/c1-18(37)35-42-28-12-11-20(31)14-25(28)19-7-6-8-24(13-19)43(38,39)36-30-29(33-26-9-4-5-10-27(26)34-30)32-21-15-22(40-2)17-23(16-21)41-3/h4-17H,1-3H3,(H,32,33)(H,34,36)(H,35,37). The minimum Gasteiger partial charge on any atom is -0.497 e. The molecule has 0 unspecified atom stereocenters. The fourth-order valence-electron chi connectivity index (χ4n) is 4.14. The molecule has 1 aromatic heterocycles. The van der Waals surface area contributed by atoms with E-state index in [0.29, 0.717) is 33.8 Å². The number of aromatic nitrogens is 2. The first-order valence-corrected chi connectivity index (χ1v) is 14.3. The van der Waals surface area contributed by atoms with Crippen LogP contribution in [0.1, 0.15) is 6.92 Å². The molecule has 5 aromatic rings. The van der Waals surface area contributed by atoms with Crippen molar-refractivity contribution in [2.24, 2.45) is 0 Å². The van der Waals surface area contributed by atoms with Crippen LogP contribution in [0.4, 0.5) is 21.7 Å². The van der Waals surface area contributed by atoms with Gasteiger partial charge in [-0.2, -0.15) is 5.48 Å². The molecule has 11 nitrogen and oxygen atoms in total. The fraction of sp³-hybridized carbons (Fsp3) is 0.100. The third kappa shape index (κ3) is 6.73. The van der Waals surface area contributed by atoms with Gasteiger partial charge in [0.25, 0.3) is 10.0 Å². The molecular weight excluding hydrogens is 577 g/mol. The number of hydrogen-bond donors (Lipinski definition) is 3. The molecule has 0 fully saturated rings. The van der Waals surface area contributed by atoms with Crippen molar-refractivity contribution in [1.29, 1.82) is 0 Å². The van der Waals surface area contributed by atoms with Crippen molar-refractivity contribution >= 4 is 44.3 Å². The number of sulfonamides is 1. The zero-order valence-electron chi connectivity index (χ0n) is 23.2. The lowest BCUT2D eigenvalue weighted by atomic mass is 10.0. The van der Waals surface area contributed by atoms with Gasteiger partial charge >= 0.3 is 0 Å². The normalized spacial score (nSPS) is 11.1. The monoisotopic (exact) mass is 603 g/mol. The van der Waals surface area contributed by atoms with Crippen molar-refractivity contribution < 1.29 is 31.9 Å². The first kappa shape index (κ1) is 29.1. The first-order chi connectivity index (χ1) is 20.6. The van der Waals surface area contributed by atoms with Crippen LogP contribution in [0, 0.1) is 5.82 Å². The molecule has 13 heteroatoms. The Morgan fingerprint density at radius 2 is 1.49 bits per heavy atom. The van der Waals surface area contributed by atoms with E-state index in [-0.39, 0.29) is 27.8 Å². The van der Waals surface area contributed by atoms with Gasteiger partial charge in [0.15, 0.2) is 17.4 Å². The number of amides is 1. The maximum absolute atomic E-state index is 14.2. The number of rotatable bonds is 10. The number of benzene rings is 4. The number of anilines is 3. The number of hydroxylamine groups is 1. The highest BCUT2D eigenvalue weighted by Gasteiger charge is 2.21. The van der Waals surface area contributed by atoms with E-state index in [1.54, 1.807) is 48.5 Å². The topological polar surface area (TPSA) is 141 Å². The van der Waals surface area contributed by atoms with Crippen molar-refractivity contribution in [3.05, 3.63) is 90.7 Å². The van der Waals surface area contributed by atoms with Crippen LogP contribution >= 0.6 is 0 Å². The Balaban J connectivity index is 1.53. The summed E-state index contributed by atoms with van der Waals surface area (Å²) in [6.07, 6.45) is 0. The summed E-state index contributed by atoms with van der Waals surface area (Å²) in [5.41, 5.74) is 4.25. The second kappa shape index (κ2) is 12.2. The van der Waals surface area contributed by atoms with Crippen molar-refractivity contribution in [1.82, 2.24) is 15.4 Å². The smallest absolute Gasteiger partial charge is 0.263 e. The molecule has 0 atom stereocenters. The molecule has 220 valence electrons. The predicted octanol–water partition coefficient (Wildman–Crippen LogP) is 5.43. The molecule has 0 aliphatic carbocycles. The van der Waals surface area contributed by atoms with Gasteiger partial charge in [0.2, 0.25) is 5.91 Å². The Hall–Kier alpha value is -5.43. The van der Waals surface area contributed by atoms with Crippen LogP contribution in [0.2, 0.25) is 0 Å². The maximum Gasteiger partial charge on any atom is 0.263 e. The van der Waals surface area contributed by atoms with Crippen LogP contribution in [0.15, 0.2) is 89.8 Å². The highest BCUT2D eigenvalue weighted by molar-refractivity contribution is 7.92. The highest BCUT2D eigenvalue weighted by atomic mass is 32.2. The molecule has 0 saturated heterocycles. The average molecular weight is 604 g/mol. The van der Waals surface area contributed by atoms with E-state index in [9.17, 15) is 17.6 Å². The molecule has 4 aromatic carbocycles. The van der Waals surface area contributed by atoms with Gasteiger partial charge in [-0.25, -0.2) is 22.8 Å². The summed E-state index contributed by atoms with van der Waals surface area (Å²) < 4.78 is 54.8. The molecule has 43 heavy (non-hydrogen) atoms. The molecule has 0 aliphatic rings. The lowest BCUT2D eigenvalue weighted by molar-refractivity contribution is -0.125. The Morgan fingerprint density at radius 1 is 0.814 bits per heavy atom. The van der Waals surface area contributed by atoms with Crippen molar-refractivity contribution in [2.45, 2.75) is 11.8 Å². The molecule has 0 spiro atoms. The third-order valence-corrected chi connectivity index (χ3v) is 7.45. The zero-order chi connectivity index (χ0) is 30.6. The van der Waals surface area contributed by atoms with E-state index in [1.165, 1.54) is 51.5 Å². The average Bonchev–Trinajstić information content (AvgIpc) is 3.00.